The Morgan fingerprint density at radius 3 is 2.56 bits per heavy atom. The zero-order valence-electron chi connectivity index (χ0n) is 18.5. The number of ether oxygens (including phenoxy) is 3. The first-order valence-electron chi connectivity index (χ1n) is 10.3. The minimum atomic E-state index is -0.634. The molecule has 4 rings (SSSR count). The first-order valence-corrected chi connectivity index (χ1v) is 11.1. The molecule has 9 heteroatoms. The topological polar surface area (TPSA) is 95.3 Å². The van der Waals surface area contributed by atoms with Crippen molar-refractivity contribution in [3.8, 4) is 11.5 Å². The maximum atomic E-state index is 12.8. The largest absolute Gasteiger partial charge is 0.493 e. The van der Waals surface area contributed by atoms with E-state index in [1.165, 1.54) is 26.4 Å². The summed E-state index contributed by atoms with van der Waals surface area (Å²) in [7, 11) is 2.77. The maximum absolute atomic E-state index is 12.8. The third kappa shape index (κ3) is 5.15. The van der Waals surface area contributed by atoms with Gasteiger partial charge in [0.2, 0.25) is 5.76 Å². The highest BCUT2D eigenvalue weighted by Crippen LogP contribution is 2.35. The predicted molar refractivity (Wildman–Crippen MR) is 125 cm³/mol. The highest BCUT2D eigenvalue weighted by Gasteiger charge is 2.35. The second kappa shape index (κ2) is 10.3. The van der Waals surface area contributed by atoms with Gasteiger partial charge in [-0.3, -0.25) is 14.5 Å². The van der Waals surface area contributed by atoms with Crippen molar-refractivity contribution in [2.75, 3.05) is 14.2 Å². The van der Waals surface area contributed by atoms with Crippen LogP contribution in [0.2, 0.25) is 0 Å². The summed E-state index contributed by atoms with van der Waals surface area (Å²) in [5.74, 6) is 0.290. The van der Waals surface area contributed by atoms with E-state index in [-0.39, 0.29) is 17.2 Å². The van der Waals surface area contributed by atoms with Gasteiger partial charge in [-0.15, -0.1) is 0 Å². The Hall–Kier alpha value is -3.98. The van der Waals surface area contributed by atoms with E-state index in [0.29, 0.717) is 29.4 Å². The first kappa shape index (κ1) is 23.2. The van der Waals surface area contributed by atoms with E-state index in [4.69, 9.17) is 13.9 Å². The first-order chi connectivity index (χ1) is 16.5. The molecular weight excluding hydrogens is 458 g/mol. The molecular formula is C25H21NO7S. The van der Waals surface area contributed by atoms with Gasteiger partial charge in [0, 0.05) is 0 Å². The van der Waals surface area contributed by atoms with Crippen LogP contribution in [-0.4, -0.2) is 36.2 Å². The number of hydrogen-bond acceptors (Lipinski definition) is 8. The van der Waals surface area contributed by atoms with Gasteiger partial charge in [-0.05, 0) is 53.2 Å². The summed E-state index contributed by atoms with van der Waals surface area (Å²) in [6.07, 6.45) is 1.62. The molecule has 8 nitrogen and oxygen atoms in total. The lowest BCUT2D eigenvalue weighted by Crippen LogP contribution is -2.27. The fraction of sp³-hybridized carbons (Fsp3) is 0.160. The number of esters is 1. The number of furan rings is 1. The summed E-state index contributed by atoms with van der Waals surface area (Å²) < 4.78 is 21.3. The fourth-order valence-corrected chi connectivity index (χ4v) is 4.08. The van der Waals surface area contributed by atoms with Gasteiger partial charge in [0.05, 0.1) is 25.7 Å². The summed E-state index contributed by atoms with van der Waals surface area (Å²) in [6.45, 7) is 0.300. The minimum absolute atomic E-state index is 0.00156. The van der Waals surface area contributed by atoms with Gasteiger partial charge in [0.1, 0.15) is 12.4 Å². The zero-order valence-corrected chi connectivity index (χ0v) is 19.3. The van der Waals surface area contributed by atoms with Crippen LogP contribution in [0.5, 0.6) is 11.5 Å². The lowest BCUT2D eigenvalue weighted by molar-refractivity contribution is -0.123. The van der Waals surface area contributed by atoms with Gasteiger partial charge in [0.15, 0.2) is 11.5 Å². The summed E-state index contributed by atoms with van der Waals surface area (Å²) in [6, 6.07) is 18.0. The molecule has 0 N–H and O–H groups in total. The van der Waals surface area contributed by atoms with Crippen LogP contribution in [0.1, 0.15) is 27.4 Å². The number of amides is 2. The van der Waals surface area contributed by atoms with Crippen molar-refractivity contribution in [2.24, 2.45) is 0 Å². The minimum Gasteiger partial charge on any atom is -0.493 e. The number of hydrogen-bond donors (Lipinski definition) is 0. The number of thioether (sulfide) groups is 1. The van der Waals surface area contributed by atoms with Gasteiger partial charge in [-0.1, -0.05) is 36.4 Å². The molecule has 1 aliphatic heterocycles. The van der Waals surface area contributed by atoms with E-state index in [1.54, 1.807) is 24.3 Å². The Bertz CT molecular complexity index is 1250. The van der Waals surface area contributed by atoms with Gasteiger partial charge < -0.3 is 18.6 Å². The Morgan fingerprint density at radius 1 is 1.03 bits per heavy atom. The Morgan fingerprint density at radius 2 is 1.82 bits per heavy atom. The van der Waals surface area contributed by atoms with Crippen molar-refractivity contribution in [3.05, 3.63) is 88.2 Å². The molecule has 1 saturated heterocycles. The maximum Gasteiger partial charge on any atom is 0.373 e. The molecule has 1 fully saturated rings. The van der Waals surface area contributed by atoms with Gasteiger partial charge in [-0.2, -0.15) is 0 Å². The van der Waals surface area contributed by atoms with E-state index < -0.39 is 17.1 Å². The van der Waals surface area contributed by atoms with Gasteiger partial charge in [0.25, 0.3) is 11.1 Å². The van der Waals surface area contributed by atoms with Crippen LogP contribution in [0.4, 0.5) is 4.79 Å². The molecule has 174 valence electrons. The van der Waals surface area contributed by atoms with Crippen molar-refractivity contribution >= 4 is 35.0 Å². The number of benzene rings is 2. The second-order valence-electron chi connectivity index (χ2n) is 7.21. The van der Waals surface area contributed by atoms with E-state index in [2.05, 4.69) is 4.74 Å². The highest BCUT2D eigenvalue weighted by atomic mass is 32.2. The number of rotatable bonds is 8. The van der Waals surface area contributed by atoms with Crippen LogP contribution < -0.4 is 9.47 Å². The normalized spacial score (nSPS) is 14.5. The predicted octanol–water partition coefficient (Wildman–Crippen LogP) is 4.89. The van der Waals surface area contributed by atoms with E-state index in [0.717, 1.165) is 22.2 Å². The number of carbonyl (C=O) groups excluding carboxylic acids is 3. The van der Waals surface area contributed by atoms with E-state index in [1.807, 2.05) is 30.3 Å². The molecule has 34 heavy (non-hydrogen) atoms. The highest BCUT2D eigenvalue weighted by molar-refractivity contribution is 8.18. The molecule has 0 unspecified atom stereocenters. The third-order valence-electron chi connectivity index (χ3n) is 4.96. The van der Waals surface area contributed by atoms with Gasteiger partial charge in [-0.25, -0.2) is 4.79 Å². The molecule has 2 aromatic carbocycles. The lowest BCUT2D eigenvalue weighted by Gasteiger charge is -2.12. The van der Waals surface area contributed by atoms with E-state index in [9.17, 15) is 14.4 Å². The van der Waals surface area contributed by atoms with Crippen molar-refractivity contribution < 1.29 is 33.0 Å². The average molecular weight is 480 g/mol. The molecule has 1 aromatic heterocycles. The molecule has 2 heterocycles. The summed E-state index contributed by atoms with van der Waals surface area (Å²) in [5.41, 5.74) is 1.71. The molecule has 0 atom stereocenters. The number of methoxy groups -OCH3 is 2. The van der Waals surface area contributed by atoms with Crippen LogP contribution in [0.3, 0.4) is 0 Å². The number of nitrogens with zero attached hydrogens (tertiary/aromatic N) is 1. The van der Waals surface area contributed by atoms with Crippen molar-refractivity contribution in [1.82, 2.24) is 4.90 Å². The number of imide groups is 1. The molecule has 0 radical (unpaired) electrons. The van der Waals surface area contributed by atoms with Crippen molar-refractivity contribution in [2.45, 2.75) is 13.2 Å². The molecule has 0 aliphatic carbocycles. The summed E-state index contributed by atoms with van der Waals surface area (Å²) in [4.78, 5) is 38.1. The fourth-order valence-electron chi connectivity index (χ4n) is 3.25. The van der Waals surface area contributed by atoms with Crippen LogP contribution >= 0.6 is 11.8 Å². The lowest BCUT2D eigenvalue weighted by atomic mass is 10.1. The summed E-state index contributed by atoms with van der Waals surface area (Å²) in [5, 5.41) is -0.429. The molecule has 3 aromatic rings. The molecule has 2 amide bonds. The Balaban J connectivity index is 1.46. The Kier molecular flexibility index (Phi) is 7.03. The standard InChI is InChI=1S/C25H21NO7S/c1-30-21-12-17(8-10-19(21)32-15-16-6-4-3-5-7-16)13-22-23(27)26(25(29)34-22)14-18-9-11-20(33-18)24(28)31-2/h3-13H,14-15H2,1-2H3/b22-13+. The second-order valence-corrected chi connectivity index (χ2v) is 8.20. The van der Waals surface area contributed by atoms with Crippen LogP contribution in [-0.2, 0) is 22.7 Å². The average Bonchev–Trinajstić information content (AvgIpc) is 3.43. The zero-order chi connectivity index (χ0) is 24.1. The van der Waals surface area contributed by atoms with Crippen LogP contribution in [0.25, 0.3) is 6.08 Å². The van der Waals surface area contributed by atoms with Crippen LogP contribution in [0, 0.1) is 0 Å². The quantitative estimate of drug-likeness (QED) is 0.333. The molecule has 0 saturated carbocycles. The molecule has 1 aliphatic rings. The summed E-state index contributed by atoms with van der Waals surface area (Å²) >= 11 is 0.832. The SMILES string of the molecule is COC(=O)c1ccc(CN2C(=O)S/C(=C/c3ccc(OCc4ccccc4)c(OC)c3)C2=O)o1. The van der Waals surface area contributed by atoms with Crippen molar-refractivity contribution in [3.63, 3.8) is 0 Å². The van der Waals surface area contributed by atoms with Gasteiger partial charge >= 0.3 is 5.97 Å². The van der Waals surface area contributed by atoms with Crippen LogP contribution in [0.15, 0.2) is 70.0 Å². The third-order valence-corrected chi connectivity index (χ3v) is 5.87. The smallest absolute Gasteiger partial charge is 0.373 e. The monoisotopic (exact) mass is 479 g/mol. The van der Waals surface area contributed by atoms with E-state index >= 15 is 0 Å². The van der Waals surface area contributed by atoms with Crippen molar-refractivity contribution in [1.29, 1.82) is 0 Å². The number of carbonyl (C=O) groups is 3. The molecule has 0 spiro atoms. The molecule has 0 bridgehead atoms. The Labute approximate surface area is 200 Å².